The molecule has 0 radical (unpaired) electrons. The Hall–Kier alpha value is -4.08. The number of benzene rings is 2. The fraction of sp³-hybridized carbons (Fsp3) is 0.174. The van der Waals surface area contributed by atoms with E-state index in [2.05, 4.69) is 15.1 Å². The van der Waals surface area contributed by atoms with Crippen LogP contribution in [-0.2, 0) is 15.8 Å². The first-order chi connectivity index (χ1) is 15.5. The number of imide groups is 1. The maximum Gasteiger partial charge on any atom is 0.433 e. The van der Waals surface area contributed by atoms with Crippen molar-refractivity contribution < 1.29 is 22.8 Å². The summed E-state index contributed by atoms with van der Waals surface area (Å²) >= 11 is 0. The summed E-state index contributed by atoms with van der Waals surface area (Å²) < 4.78 is 42.4. The van der Waals surface area contributed by atoms with Crippen molar-refractivity contribution in [3.63, 3.8) is 0 Å². The first-order valence-corrected chi connectivity index (χ1v) is 9.88. The van der Waals surface area contributed by atoms with Crippen LogP contribution in [0.2, 0.25) is 0 Å². The summed E-state index contributed by atoms with van der Waals surface area (Å²) in [5.74, 6) is -1.86. The number of carbonyl (C=O) groups excluding carboxylic acids is 2. The normalized spacial score (nSPS) is 11.6. The number of aromatic nitrogens is 4. The quantitative estimate of drug-likeness (QED) is 0.449. The lowest BCUT2D eigenvalue weighted by Crippen LogP contribution is -2.35. The number of hydrogen-bond acceptors (Lipinski definition) is 5. The molecule has 0 saturated carbocycles. The Balaban J connectivity index is 1.89. The van der Waals surface area contributed by atoms with E-state index in [-0.39, 0.29) is 23.2 Å². The molecule has 2 heterocycles. The average molecular weight is 453 g/mol. The smallest absolute Gasteiger partial charge is 0.274 e. The van der Waals surface area contributed by atoms with Gasteiger partial charge in [-0.2, -0.15) is 23.3 Å². The highest BCUT2D eigenvalue weighted by molar-refractivity contribution is 6.11. The topological polar surface area (TPSA) is 81.0 Å². The Morgan fingerprint density at radius 2 is 1.58 bits per heavy atom. The highest BCUT2D eigenvalue weighted by atomic mass is 19.4. The van der Waals surface area contributed by atoms with Crippen molar-refractivity contribution in [1.82, 2.24) is 19.7 Å². The number of halogens is 3. The van der Waals surface area contributed by atoms with Crippen LogP contribution in [0.3, 0.4) is 0 Å². The number of rotatable bonds is 3. The zero-order valence-corrected chi connectivity index (χ0v) is 17.9. The molecule has 2 aromatic carbocycles. The highest BCUT2D eigenvalue weighted by Gasteiger charge is 2.37. The number of alkyl halides is 3. The molecule has 0 bridgehead atoms. The van der Waals surface area contributed by atoms with Crippen LogP contribution in [0, 0.1) is 6.92 Å². The Kier molecular flexibility index (Phi) is 5.44. The summed E-state index contributed by atoms with van der Waals surface area (Å²) in [5, 5.41) is 5.98. The number of anilines is 1. The molecule has 4 rings (SSSR count). The summed E-state index contributed by atoms with van der Waals surface area (Å²) in [5.41, 5.74) is -0.191. The predicted molar refractivity (Wildman–Crippen MR) is 116 cm³/mol. The van der Waals surface area contributed by atoms with Crippen LogP contribution in [-0.4, -0.2) is 31.6 Å². The van der Waals surface area contributed by atoms with Gasteiger partial charge in [0.15, 0.2) is 11.5 Å². The van der Waals surface area contributed by atoms with Crippen LogP contribution in [0.15, 0.2) is 54.6 Å². The van der Waals surface area contributed by atoms with Gasteiger partial charge in [-0.1, -0.05) is 36.4 Å². The molecular weight excluding hydrogens is 435 g/mol. The van der Waals surface area contributed by atoms with Gasteiger partial charge in [0.25, 0.3) is 0 Å². The Morgan fingerprint density at radius 1 is 0.909 bits per heavy atom. The summed E-state index contributed by atoms with van der Waals surface area (Å²) in [7, 11) is 0. The minimum atomic E-state index is -4.73. The number of carbonyl (C=O) groups is 2. The van der Waals surface area contributed by atoms with Gasteiger partial charge in [-0.15, -0.1) is 0 Å². The molecule has 0 aliphatic carbocycles. The van der Waals surface area contributed by atoms with Gasteiger partial charge >= 0.3 is 6.18 Å². The van der Waals surface area contributed by atoms with Crippen molar-refractivity contribution >= 4 is 28.5 Å². The standard InChI is InChI=1S/C23H18F3N5O2/c1-13-10-21(28-22(27-13)30(14(2)32)15(3)33)31-20(23(24,25)26)12-19(29-31)18-9-8-16-6-4-5-7-17(16)11-18/h4-12H,1-3H3. The zero-order chi connectivity index (χ0) is 23.9. The minimum Gasteiger partial charge on any atom is -0.274 e. The Bertz CT molecular complexity index is 1380. The first-order valence-electron chi connectivity index (χ1n) is 9.88. The van der Waals surface area contributed by atoms with Gasteiger partial charge in [-0.25, -0.2) is 14.6 Å². The lowest BCUT2D eigenvalue weighted by atomic mass is 10.1. The number of fused-ring (bicyclic) bond motifs is 1. The van der Waals surface area contributed by atoms with Gasteiger partial charge in [-0.3, -0.25) is 9.59 Å². The molecule has 33 heavy (non-hydrogen) atoms. The summed E-state index contributed by atoms with van der Waals surface area (Å²) in [4.78, 5) is 32.6. The monoisotopic (exact) mass is 453 g/mol. The van der Waals surface area contributed by atoms with Gasteiger partial charge in [0, 0.05) is 31.2 Å². The molecular formula is C23H18F3N5O2. The third-order valence-electron chi connectivity index (χ3n) is 4.92. The minimum absolute atomic E-state index is 0.0980. The van der Waals surface area contributed by atoms with Gasteiger partial charge in [0.1, 0.15) is 0 Å². The van der Waals surface area contributed by atoms with E-state index in [0.717, 1.165) is 30.7 Å². The van der Waals surface area contributed by atoms with E-state index in [0.29, 0.717) is 15.1 Å². The van der Waals surface area contributed by atoms with Crippen molar-refractivity contribution in [1.29, 1.82) is 0 Å². The van der Waals surface area contributed by atoms with Crippen molar-refractivity contribution in [2.75, 3.05) is 4.90 Å². The number of hydrogen-bond donors (Lipinski definition) is 0. The fourth-order valence-electron chi connectivity index (χ4n) is 3.50. The van der Waals surface area contributed by atoms with Crippen molar-refractivity contribution in [2.45, 2.75) is 26.9 Å². The molecule has 0 atom stereocenters. The molecule has 2 aromatic heterocycles. The van der Waals surface area contributed by atoms with E-state index in [1.807, 2.05) is 30.3 Å². The molecule has 168 valence electrons. The number of aryl methyl sites for hydroxylation is 1. The van der Waals surface area contributed by atoms with E-state index < -0.39 is 23.7 Å². The van der Waals surface area contributed by atoms with Crippen LogP contribution >= 0.6 is 0 Å². The van der Waals surface area contributed by atoms with E-state index >= 15 is 0 Å². The van der Waals surface area contributed by atoms with Crippen molar-refractivity contribution in [2.24, 2.45) is 0 Å². The van der Waals surface area contributed by atoms with Crippen LogP contribution in [0.25, 0.3) is 27.8 Å². The summed E-state index contributed by atoms with van der Waals surface area (Å²) in [6, 6.07) is 15.0. The molecule has 0 aliphatic heterocycles. The molecule has 10 heteroatoms. The van der Waals surface area contributed by atoms with Gasteiger partial charge in [0.2, 0.25) is 17.8 Å². The van der Waals surface area contributed by atoms with E-state index in [1.54, 1.807) is 12.1 Å². The van der Waals surface area contributed by atoms with E-state index in [9.17, 15) is 22.8 Å². The molecule has 0 saturated heterocycles. The van der Waals surface area contributed by atoms with Crippen LogP contribution in [0.5, 0.6) is 0 Å². The van der Waals surface area contributed by atoms with Gasteiger partial charge in [0.05, 0.1) is 5.69 Å². The van der Waals surface area contributed by atoms with E-state index in [4.69, 9.17) is 0 Å². The van der Waals surface area contributed by atoms with Gasteiger partial charge < -0.3 is 0 Å². The second-order valence-electron chi connectivity index (χ2n) is 7.43. The lowest BCUT2D eigenvalue weighted by Gasteiger charge is -2.17. The SMILES string of the molecule is CC(=O)N(C(C)=O)c1nc(C)cc(-n2nc(-c3ccc4ccccc4c3)cc2C(F)(F)F)n1. The predicted octanol–water partition coefficient (Wildman–Crippen LogP) is 4.71. The second kappa shape index (κ2) is 8.12. The largest absolute Gasteiger partial charge is 0.433 e. The number of nitrogens with zero attached hydrogens (tertiary/aromatic N) is 5. The first kappa shape index (κ1) is 22.1. The Labute approximate surface area is 186 Å². The van der Waals surface area contributed by atoms with Crippen molar-refractivity contribution in [3.05, 3.63) is 66.0 Å². The third-order valence-corrected chi connectivity index (χ3v) is 4.92. The summed E-state index contributed by atoms with van der Waals surface area (Å²) in [6.45, 7) is 3.80. The van der Waals surface area contributed by atoms with Crippen LogP contribution in [0.4, 0.5) is 19.1 Å². The van der Waals surface area contributed by atoms with Crippen LogP contribution in [0.1, 0.15) is 25.2 Å². The molecule has 0 aliphatic rings. The average Bonchev–Trinajstić information content (AvgIpc) is 3.19. The zero-order valence-electron chi connectivity index (χ0n) is 17.9. The Morgan fingerprint density at radius 3 is 2.21 bits per heavy atom. The molecule has 0 N–H and O–H groups in total. The third kappa shape index (κ3) is 4.32. The molecule has 0 unspecified atom stereocenters. The molecule has 2 amide bonds. The van der Waals surface area contributed by atoms with Crippen LogP contribution < -0.4 is 4.90 Å². The maximum atomic E-state index is 13.9. The van der Waals surface area contributed by atoms with Crippen molar-refractivity contribution in [3.8, 4) is 17.1 Å². The second-order valence-corrected chi connectivity index (χ2v) is 7.43. The van der Waals surface area contributed by atoms with E-state index in [1.165, 1.54) is 13.0 Å². The maximum absolute atomic E-state index is 13.9. The fourth-order valence-corrected chi connectivity index (χ4v) is 3.50. The molecule has 4 aromatic rings. The molecule has 7 nitrogen and oxygen atoms in total. The number of amides is 2. The molecule has 0 fully saturated rings. The summed E-state index contributed by atoms with van der Waals surface area (Å²) in [6.07, 6.45) is -4.73. The highest BCUT2D eigenvalue weighted by Crippen LogP contribution is 2.34. The lowest BCUT2D eigenvalue weighted by molar-refractivity contribution is -0.143. The van der Waals surface area contributed by atoms with Gasteiger partial charge in [-0.05, 0) is 29.8 Å². The molecule has 0 spiro atoms.